The molecule has 1 aromatic carbocycles. The van der Waals surface area contributed by atoms with Crippen molar-refractivity contribution in [1.29, 1.82) is 0 Å². The number of aromatic nitrogens is 2. The fourth-order valence-electron chi connectivity index (χ4n) is 1.54. The van der Waals surface area contributed by atoms with Gasteiger partial charge < -0.3 is 10.2 Å². The summed E-state index contributed by atoms with van der Waals surface area (Å²) in [4.78, 5) is 0. The lowest BCUT2D eigenvalue weighted by molar-refractivity contribution is 0.450. The highest BCUT2D eigenvalue weighted by Crippen LogP contribution is 2.14. The molecule has 6 heteroatoms. The quantitative estimate of drug-likeness (QED) is 0.882. The van der Waals surface area contributed by atoms with E-state index in [1.807, 2.05) is 0 Å². The molecule has 1 aromatic heterocycles. The third-order valence-electron chi connectivity index (χ3n) is 2.46. The number of benzene rings is 1. The maximum atomic E-state index is 13.4. The van der Waals surface area contributed by atoms with Crippen LogP contribution in [0.3, 0.4) is 0 Å². The predicted molar refractivity (Wildman–Crippen MR) is 60.8 cm³/mol. The first-order valence-corrected chi connectivity index (χ1v) is 5.64. The van der Waals surface area contributed by atoms with Crippen molar-refractivity contribution in [2.75, 3.05) is 6.54 Å². The van der Waals surface area contributed by atoms with Gasteiger partial charge in [0.15, 0.2) is 0 Å². The van der Waals surface area contributed by atoms with Crippen molar-refractivity contribution < 1.29 is 13.2 Å². The van der Waals surface area contributed by atoms with E-state index < -0.39 is 11.6 Å². The normalized spacial score (nSPS) is 10.8. The van der Waals surface area contributed by atoms with Crippen LogP contribution >= 0.6 is 0 Å². The molecule has 0 fully saturated rings. The second kappa shape index (κ2) is 5.68. The van der Waals surface area contributed by atoms with Crippen molar-refractivity contribution in [2.45, 2.75) is 19.3 Å². The molecule has 2 aromatic rings. The lowest BCUT2D eigenvalue weighted by Crippen LogP contribution is -2.00. The van der Waals surface area contributed by atoms with Crippen LogP contribution in [0.2, 0.25) is 0 Å². The largest absolute Gasteiger partial charge is 0.425 e. The van der Waals surface area contributed by atoms with Crippen molar-refractivity contribution >= 4 is 0 Å². The van der Waals surface area contributed by atoms with Crippen LogP contribution in [-0.2, 0) is 12.8 Å². The van der Waals surface area contributed by atoms with E-state index in [0.717, 1.165) is 12.5 Å². The van der Waals surface area contributed by atoms with Crippen LogP contribution < -0.4 is 5.73 Å². The van der Waals surface area contributed by atoms with E-state index in [2.05, 4.69) is 10.2 Å². The Hall–Kier alpha value is -1.82. The van der Waals surface area contributed by atoms with Gasteiger partial charge >= 0.3 is 0 Å². The monoisotopic (exact) mass is 253 g/mol. The molecule has 0 unspecified atom stereocenters. The van der Waals surface area contributed by atoms with Gasteiger partial charge in [-0.2, -0.15) is 0 Å². The van der Waals surface area contributed by atoms with E-state index in [4.69, 9.17) is 10.2 Å². The highest BCUT2D eigenvalue weighted by Gasteiger charge is 2.10. The van der Waals surface area contributed by atoms with E-state index in [9.17, 15) is 8.78 Å². The van der Waals surface area contributed by atoms with Crippen molar-refractivity contribution in [1.82, 2.24) is 10.2 Å². The molecule has 2 rings (SSSR count). The molecule has 0 atom stereocenters. The molecule has 0 bridgehead atoms. The second-order valence-corrected chi connectivity index (χ2v) is 3.89. The molecule has 0 aliphatic carbocycles. The number of nitrogens with two attached hydrogens (primary N) is 1. The Balaban J connectivity index is 2.06. The highest BCUT2D eigenvalue weighted by atomic mass is 19.1. The Morgan fingerprint density at radius 1 is 1.17 bits per heavy atom. The van der Waals surface area contributed by atoms with E-state index in [1.165, 1.54) is 12.1 Å². The minimum absolute atomic E-state index is 0.155. The fraction of sp³-hybridized carbons (Fsp3) is 0.333. The van der Waals surface area contributed by atoms with Crippen LogP contribution in [0.15, 0.2) is 22.6 Å². The molecule has 0 aliphatic rings. The molecule has 0 aliphatic heterocycles. The van der Waals surface area contributed by atoms with Gasteiger partial charge in [-0.25, -0.2) is 8.78 Å². The minimum Gasteiger partial charge on any atom is -0.425 e. The average Bonchev–Trinajstić information content (AvgIpc) is 2.78. The molecule has 0 amide bonds. The predicted octanol–water partition coefficient (Wildman–Crippen LogP) is 1.83. The summed E-state index contributed by atoms with van der Waals surface area (Å²) in [5, 5.41) is 7.64. The van der Waals surface area contributed by atoms with Gasteiger partial charge in [-0.15, -0.1) is 10.2 Å². The first kappa shape index (κ1) is 12.6. The summed E-state index contributed by atoms with van der Waals surface area (Å²) >= 11 is 0. The van der Waals surface area contributed by atoms with Gasteiger partial charge in [0.05, 0.1) is 6.42 Å². The van der Waals surface area contributed by atoms with Gasteiger partial charge in [0, 0.05) is 12.5 Å². The Bertz CT molecular complexity index is 528. The van der Waals surface area contributed by atoms with Crippen LogP contribution in [0, 0.1) is 11.6 Å². The van der Waals surface area contributed by atoms with Gasteiger partial charge in [-0.05, 0) is 24.6 Å². The zero-order chi connectivity index (χ0) is 13.0. The summed E-state index contributed by atoms with van der Waals surface area (Å²) in [5.41, 5.74) is 5.69. The third-order valence-corrected chi connectivity index (χ3v) is 2.46. The molecule has 2 N–H and O–H groups in total. The van der Waals surface area contributed by atoms with Crippen LogP contribution in [0.4, 0.5) is 8.78 Å². The summed E-state index contributed by atoms with van der Waals surface area (Å²) in [6, 6.07) is 3.40. The smallest absolute Gasteiger partial charge is 0.221 e. The maximum absolute atomic E-state index is 13.4. The summed E-state index contributed by atoms with van der Waals surface area (Å²) in [5.74, 6) is -0.423. The SMILES string of the molecule is NCCCc1nnc(Cc2ccc(F)cc2F)o1. The van der Waals surface area contributed by atoms with Crippen molar-refractivity contribution in [3.63, 3.8) is 0 Å². The van der Waals surface area contributed by atoms with Gasteiger partial charge in [-0.1, -0.05) is 6.07 Å². The number of hydrogen-bond donors (Lipinski definition) is 1. The minimum atomic E-state index is -0.614. The zero-order valence-electron chi connectivity index (χ0n) is 9.70. The standard InChI is InChI=1S/C12H13F2N3O/c13-9-4-3-8(10(14)7-9)6-12-17-16-11(18-12)2-1-5-15/h3-4,7H,1-2,5-6,15H2. The van der Waals surface area contributed by atoms with Gasteiger partial charge in [-0.3, -0.25) is 0 Å². The summed E-state index contributed by atoms with van der Waals surface area (Å²) in [6.07, 6.45) is 1.52. The molecular formula is C12H13F2N3O. The van der Waals surface area contributed by atoms with Crippen LogP contribution in [0.25, 0.3) is 0 Å². The number of rotatable bonds is 5. The molecule has 0 saturated carbocycles. The first-order valence-electron chi connectivity index (χ1n) is 5.64. The number of nitrogens with zero attached hydrogens (tertiary/aromatic N) is 2. The molecule has 96 valence electrons. The topological polar surface area (TPSA) is 64.9 Å². The number of hydrogen-bond acceptors (Lipinski definition) is 4. The second-order valence-electron chi connectivity index (χ2n) is 3.89. The lowest BCUT2D eigenvalue weighted by Gasteiger charge is -1.99. The van der Waals surface area contributed by atoms with Crippen LogP contribution in [-0.4, -0.2) is 16.7 Å². The molecule has 1 heterocycles. The highest BCUT2D eigenvalue weighted by molar-refractivity contribution is 5.21. The molecule has 0 saturated heterocycles. The maximum Gasteiger partial charge on any atom is 0.221 e. The zero-order valence-corrected chi connectivity index (χ0v) is 9.70. The molecule has 0 radical (unpaired) electrons. The summed E-state index contributed by atoms with van der Waals surface area (Å²) in [6.45, 7) is 0.546. The van der Waals surface area contributed by atoms with Crippen LogP contribution in [0.1, 0.15) is 23.8 Å². The van der Waals surface area contributed by atoms with Crippen molar-refractivity contribution in [3.8, 4) is 0 Å². The van der Waals surface area contributed by atoms with Crippen LogP contribution in [0.5, 0.6) is 0 Å². The first-order chi connectivity index (χ1) is 8.69. The molecular weight excluding hydrogens is 240 g/mol. The summed E-state index contributed by atoms with van der Waals surface area (Å²) < 4.78 is 31.5. The van der Waals surface area contributed by atoms with Crippen molar-refractivity contribution in [3.05, 3.63) is 47.2 Å². The van der Waals surface area contributed by atoms with Gasteiger partial charge in [0.1, 0.15) is 11.6 Å². The average molecular weight is 253 g/mol. The van der Waals surface area contributed by atoms with E-state index >= 15 is 0 Å². The van der Waals surface area contributed by atoms with E-state index in [0.29, 0.717) is 30.3 Å². The lowest BCUT2D eigenvalue weighted by atomic mass is 10.1. The Morgan fingerprint density at radius 2 is 1.94 bits per heavy atom. The third kappa shape index (κ3) is 3.10. The molecule has 4 nitrogen and oxygen atoms in total. The number of halogens is 2. The van der Waals surface area contributed by atoms with Gasteiger partial charge in [0.25, 0.3) is 0 Å². The molecule has 18 heavy (non-hydrogen) atoms. The summed E-state index contributed by atoms with van der Waals surface area (Å²) in [7, 11) is 0. The van der Waals surface area contributed by atoms with Gasteiger partial charge in [0.2, 0.25) is 11.8 Å². The number of aryl methyl sites for hydroxylation is 1. The Kier molecular flexibility index (Phi) is 3.99. The Labute approximate surface area is 103 Å². The Morgan fingerprint density at radius 3 is 2.67 bits per heavy atom. The fourth-order valence-corrected chi connectivity index (χ4v) is 1.54. The van der Waals surface area contributed by atoms with E-state index in [1.54, 1.807) is 0 Å². The van der Waals surface area contributed by atoms with Crippen molar-refractivity contribution in [2.24, 2.45) is 5.73 Å². The molecule has 0 spiro atoms. The van der Waals surface area contributed by atoms with E-state index in [-0.39, 0.29) is 6.42 Å².